The predicted molar refractivity (Wildman–Crippen MR) is 35.7 cm³/mol. The molecule has 0 bridgehead atoms. The van der Waals surface area contributed by atoms with Crippen LogP contribution in [-0.2, 0) is 9.53 Å². The zero-order chi connectivity index (χ0) is 7.11. The van der Waals surface area contributed by atoms with E-state index in [0.717, 1.165) is 0 Å². The fourth-order valence-corrected chi connectivity index (χ4v) is 0.285. The first-order valence-corrected chi connectivity index (χ1v) is 2.54. The van der Waals surface area contributed by atoms with Gasteiger partial charge in [0.15, 0.2) is 0 Å². The van der Waals surface area contributed by atoms with E-state index in [1.807, 2.05) is 0 Å². The summed E-state index contributed by atoms with van der Waals surface area (Å²) in [5.41, 5.74) is 0. The molecule has 0 unspecified atom stereocenters. The molecule has 0 fully saturated rings. The third-order valence-corrected chi connectivity index (χ3v) is 0.597. The molecule has 49 valence electrons. The Bertz CT molecular complexity index is 125. The highest BCUT2D eigenvalue weighted by Crippen LogP contribution is 1.80. The van der Waals surface area contributed by atoms with E-state index in [1.54, 1.807) is 0 Å². The van der Waals surface area contributed by atoms with E-state index in [1.165, 1.54) is 18.2 Å². The fraction of sp³-hybridized carbons (Fsp3) is 0.143. The van der Waals surface area contributed by atoms with E-state index in [9.17, 15) is 4.79 Å². The van der Waals surface area contributed by atoms with Crippen molar-refractivity contribution in [2.75, 3.05) is 6.61 Å². The van der Waals surface area contributed by atoms with E-state index in [-0.39, 0.29) is 12.6 Å². The average Bonchev–Trinajstić information content (AvgIpc) is 1.85. The SMILES string of the molecule is [CH2]C=CC(=O)OCC=C. The number of ether oxygens (including phenoxy) is 1. The lowest BCUT2D eigenvalue weighted by Gasteiger charge is -1.92. The molecule has 0 saturated carbocycles. The second kappa shape index (κ2) is 5.09. The molecule has 0 amide bonds. The van der Waals surface area contributed by atoms with Gasteiger partial charge >= 0.3 is 5.97 Å². The standard InChI is InChI=1S/C7H9O2/c1-3-5-7(8)9-6-4-2/h3-5H,1-2,6H2. The van der Waals surface area contributed by atoms with E-state index in [2.05, 4.69) is 18.2 Å². The van der Waals surface area contributed by atoms with Gasteiger partial charge in [0.05, 0.1) is 0 Å². The van der Waals surface area contributed by atoms with E-state index < -0.39 is 0 Å². The van der Waals surface area contributed by atoms with Crippen LogP contribution in [0.2, 0.25) is 0 Å². The molecule has 0 aliphatic carbocycles. The molecule has 1 radical (unpaired) electrons. The summed E-state index contributed by atoms with van der Waals surface area (Å²) in [6.07, 6.45) is 4.14. The van der Waals surface area contributed by atoms with Gasteiger partial charge in [-0.15, -0.1) is 0 Å². The molecule has 2 nitrogen and oxygen atoms in total. The summed E-state index contributed by atoms with van der Waals surface area (Å²) in [7, 11) is 0. The van der Waals surface area contributed by atoms with E-state index >= 15 is 0 Å². The lowest BCUT2D eigenvalue weighted by atomic mass is 10.5. The van der Waals surface area contributed by atoms with Crippen molar-refractivity contribution in [3.8, 4) is 0 Å². The highest BCUT2D eigenvalue weighted by atomic mass is 16.5. The van der Waals surface area contributed by atoms with Crippen LogP contribution in [0.25, 0.3) is 0 Å². The van der Waals surface area contributed by atoms with Gasteiger partial charge in [-0.2, -0.15) is 0 Å². The van der Waals surface area contributed by atoms with Gasteiger partial charge in [0, 0.05) is 6.08 Å². The Balaban J connectivity index is 3.38. The summed E-state index contributed by atoms with van der Waals surface area (Å²) < 4.78 is 4.55. The van der Waals surface area contributed by atoms with Crippen LogP contribution in [0, 0.1) is 6.92 Å². The molecule has 0 heterocycles. The average molecular weight is 125 g/mol. The van der Waals surface area contributed by atoms with E-state index in [0.29, 0.717) is 0 Å². The maximum atomic E-state index is 10.4. The number of hydrogen-bond donors (Lipinski definition) is 0. The molecule has 0 aromatic heterocycles. The zero-order valence-electron chi connectivity index (χ0n) is 5.17. The molecule has 0 atom stereocenters. The maximum Gasteiger partial charge on any atom is 0.330 e. The molecule has 0 aromatic carbocycles. The van der Waals surface area contributed by atoms with Crippen molar-refractivity contribution >= 4 is 5.97 Å². The Morgan fingerprint density at radius 1 is 1.67 bits per heavy atom. The summed E-state index contributed by atoms with van der Waals surface area (Å²) in [4.78, 5) is 10.4. The van der Waals surface area contributed by atoms with E-state index in [4.69, 9.17) is 0 Å². The molecule has 0 aliphatic heterocycles. The van der Waals surface area contributed by atoms with Crippen LogP contribution >= 0.6 is 0 Å². The monoisotopic (exact) mass is 125 g/mol. The summed E-state index contributed by atoms with van der Waals surface area (Å²) >= 11 is 0. The van der Waals surface area contributed by atoms with Crippen LogP contribution in [0.1, 0.15) is 0 Å². The lowest BCUT2D eigenvalue weighted by Crippen LogP contribution is -1.98. The van der Waals surface area contributed by atoms with Gasteiger partial charge in [-0.25, -0.2) is 4.79 Å². The number of rotatable bonds is 3. The summed E-state index contributed by atoms with van der Waals surface area (Å²) in [6, 6.07) is 0. The van der Waals surface area contributed by atoms with Crippen LogP contribution in [0.4, 0.5) is 0 Å². The molecule has 0 saturated heterocycles. The molecule has 0 spiro atoms. The highest BCUT2D eigenvalue weighted by Gasteiger charge is 1.89. The molecule has 0 aromatic rings. The van der Waals surface area contributed by atoms with Gasteiger partial charge in [0.2, 0.25) is 0 Å². The van der Waals surface area contributed by atoms with Crippen molar-refractivity contribution in [3.05, 3.63) is 31.7 Å². The van der Waals surface area contributed by atoms with Crippen molar-refractivity contribution in [1.29, 1.82) is 0 Å². The quantitative estimate of drug-likeness (QED) is 0.321. The number of allylic oxidation sites excluding steroid dienone is 1. The highest BCUT2D eigenvalue weighted by molar-refractivity contribution is 5.82. The Morgan fingerprint density at radius 2 is 2.33 bits per heavy atom. The molecule has 2 heteroatoms. The summed E-state index contributed by atoms with van der Waals surface area (Å²) in [6.45, 7) is 6.96. The Kier molecular flexibility index (Phi) is 4.50. The van der Waals surface area contributed by atoms with Gasteiger partial charge in [0.1, 0.15) is 6.61 Å². The summed E-state index contributed by atoms with van der Waals surface area (Å²) in [5.74, 6) is -0.384. The number of carbonyl (C=O) groups is 1. The van der Waals surface area contributed by atoms with Crippen molar-refractivity contribution < 1.29 is 9.53 Å². The first-order valence-electron chi connectivity index (χ1n) is 2.54. The zero-order valence-corrected chi connectivity index (χ0v) is 5.17. The van der Waals surface area contributed by atoms with Crippen LogP contribution in [0.15, 0.2) is 24.8 Å². The third kappa shape index (κ3) is 4.81. The summed E-state index contributed by atoms with van der Waals surface area (Å²) in [5, 5.41) is 0. The van der Waals surface area contributed by atoms with Gasteiger partial charge in [-0.05, 0) is 6.92 Å². The van der Waals surface area contributed by atoms with Gasteiger partial charge in [-0.3, -0.25) is 0 Å². The number of carbonyl (C=O) groups excluding carboxylic acids is 1. The molecule has 9 heavy (non-hydrogen) atoms. The lowest BCUT2D eigenvalue weighted by molar-refractivity contribution is -0.136. The smallest absolute Gasteiger partial charge is 0.330 e. The topological polar surface area (TPSA) is 26.3 Å². The minimum absolute atomic E-state index is 0.253. The van der Waals surface area contributed by atoms with Crippen LogP contribution in [-0.4, -0.2) is 12.6 Å². The Hall–Kier alpha value is -1.05. The van der Waals surface area contributed by atoms with Crippen LogP contribution < -0.4 is 0 Å². The second-order valence-corrected chi connectivity index (χ2v) is 1.32. The van der Waals surface area contributed by atoms with Gasteiger partial charge < -0.3 is 4.74 Å². The Morgan fingerprint density at radius 3 is 2.78 bits per heavy atom. The van der Waals surface area contributed by atoms with Crippen molar-refractivity contribution in [2.45, 2.75) is 0 Å². The molecule has 0 N–H and O–H groups in total. The third-order valence-electron chi connectivity index (χ3n) is 0.597. The van der Waals surface area contributed by atoms with Crippen molar-refractivity contribution in [2.24, 2.45) is 0 Å². The maximum absolute atomic E-state index is 10.4. The Labute approximate surface area is 54.8 Å². The van der Waals surface area contributed by atoms with Crippen molar-refractivity contribution in [1.82, 2.24) is 0 Å². The largest absolute Gasteiger partial charge is 0.458 e. The molecular formula is C7H9O2. The first-order chi connectivity index (χ1) is 4.31. The first kappa shape index (κ1) is 7.95. The minimum atomic E-state index is -0.384. The molecule has 0 aliphatic rings. The van der Waals surface area contributed by atoms with Gasteiger partial charge in [-0.1, -0.05) is 18.7 Å². The predicted octanol–water partition coefficient (Wildman–Crippen LogP) is 1.11. The second-order valence-electron chi connectivity index (χ2n) is 1.32. The van der Waals surface area contributed by atoms with Crippen molar-refractivity contribution in [3.63, 3.8) is 0 Å². The fourth-order valence-electron chi connectivity index (χ4n) is 0.285. The number of hydrogen-bond acceptors (Lipinski definition) is 2. The van der Waals surface area contributed by atoms with Gasteiger partial charge in [0.25, 0.3) is 0 Å². The minimum Gasteiger partial charge on any atom is -0.458 e. The van der Waals surface area contributed by atoms with Crippen LogP contribution in [0.5, 0.6) is 0 Å². The van der Waals surface area contributed by atoms with Crippen LogP contribution in [0.3, 0.4) is 0 Å². The molecular weight excluding hydrogens is 116 g/mol. The normalized spacial score (nSPS) is 9.44. The molecule has 0 rings (SSSR count). The number of esters is 1.